The average molecular weight is 665 g/mol. The van der Waals surface area contributed by atoms with Gasteiger partial charge in [0, 0.05) is 44.6 Å². The molecule has 0 bridgehead atoms. The molecule has 0 fully saturated rings. The van der Waals surface area contributed by atoms with Crippen LogP contribution in [0.5, 0.6) is 11.5 Å². The normalized spacial score (nSPS) is 13.3. The van der Waals surface area contributed by atoms with E-state index in [0.717, 1.165) is 34.2 Å². The van der Waals surface area contributed by atoms with Crippen LogP contribution in [0, 0.1) is 0 Å². The zero-order chi connectivity index (χ0) is 34.2. The molecule has 2 aliphatic rings. The molecule has 0 amide bonds. The summed E-state index contributed by atoms with van der Waals surface area (Å²) in [6.45, 7) is 0. The Hall–Kier alpha value is -6.84. The van der Waals surface area contributed by atoms with Gasteiger partial charge < -0.3 is 14.2 Å². The Kier molecular flexibility index (Phi) is 6.17. The van der Waals surface area contributed by atoms with Crippen LogP contribution in [-0.2, 0) is 5.41 Å². The van der Waals surface area contributed by atoms with Gasteiger partial charge in [0.1, 0.15) is 11.5 Å². The molecule has 8 aromatic carbocycles. The molecule has 0 unspecified atom stereocenters. The van der Waals surface area contributed by atoms with E-state index >= 15 is 0 Å². The van der Waals surface area contributed by atoms with E-state index in [2.05, 4.69) is 204 Å². The van der Waals surface area contributed by atoms with Gasteiger partial charge in [0.05, 0.1) is 16.4 Å². The van der Waals surface area contributed by atoms with Gasteiger partial charge in [-0.2, -0.15) is 0 Å². The molecular formula is C49H32N2O. The minimum absolute atomic E-state index is 0.497. The van der Waals surface area contributed by atoms with Gasteiger partial charge in [0.15, 0.2) is 0 Å². The number of ether oxygens (including phenoxy) is 1. The third kappa shape index (κ3) is 3.96. The monoisotopic (exact) mass is 664 g/mol. The lowest BCUT2D eigenvalue weighted by atomic mass is 9.66. The van der Waals surface area contributed by atoms with Crippen molar-refractivity contribution in [2.45, 2.75) is 5.41 Å². The Bertz CT molecular complexity index is 2790. The van der Waals surface area contributed by atoms with E-state index in [1.807, 2.05) is 0 Å². The highest BCUT2D eigenvalue weighted by molar-refractivity contribution is 6.10. The van der Waals surface area contributed by atoms with Crippen LogP contribution >= 0.6 is 0 Å². The zero-order valence-electron chi connectivity index (χ0n) is 28.3. The average Bonchev–Trinajstić information content (AvgIpc) is 3.69. The van der Waals surface area contributed by atoms with Crippen LogP contribution in [0.4, 0.5) is 17.1 Å². The van der Waals surface area contributed by atoms with E-state index in [-0.39, 0.29) is 0 Å². The minimum Gasteiger partial charge on any atom is -0.457 e. The van der Waals surface area contributed by atoms with Crippen LogP contribution in [0.2, 0.25) is 0 Å². The highest BCUT2D eigenvalue weighted by Crippen LogP contribution is 2.62. The van der Waals surface area contributed by atoms with Crippen molar-refractivity contribution in [3.63, 3.8) is 0 Å². The molecule has 1 aromatic heterocycles. The van der Waals surface area contributed by atoms with Gasteiger partial charge in [-0.3, -0.25) is 0 Å². The summed E-state index contributed by atoms with van der Waals surface area (Å²) < 4.78 is 8.95. The van der Waals surface area contributed by atoms with Crippen molar-refractivity contribution < 1.29 is 4.74 Å². The number of fused-ring (bicyclic) bond motifs is 12. The smallest absolute Gasteiger partial charge is 0.132 e. The molecule has 244 valence electrons. The summed E-state index contributed by atoms with van der Waals surface area (Å²) in [5, 5.41) is 2.48. The third-order valence-corrected chi connectivity index (χ3v) is 11.0. The highest BCUT2D eigenvalue weighted by atomic mass is 16.5. The van der Waals surface area contributed by atoms with Crippen LogP contribution in [-0.4, -0.2) is 4.57 Å². The van der Waals surface area contributed by atoms with Crippen LogP contribution in [0.25, 0.3) is 38.6 Å². The SMILES string of the molecule is c1ccc(N(c2ccc3c(c2)-c2ccccc2C32c3ccccc3Oc3ccccc32)c2ccc3c4ccccc4n(-c4ccccc4)c3c2)cc1. The van der Waals surface area contributed by atoms with Gasteiger partial charge >= 0.3 is 0 Å². The summed E-state index contributed by atoms with van der Waals surface area (Å²) in [6.07, 6.45) is 0. The molecule has 0 saturated heterocycles. The molecule has 3 nitrogen and oxygen atoms in total. The summed E-state index contributed by atoms with van der Waals surface area (Å²) >= 11 is 0. The lowest BCUT2D eigenvalue weighted by Crippen LogP contribution is -2.32. The Balaban J connectivity index is 1.17. The number of hydrogen-bond donors (Lipinski definition) is 0. The van der Waals surface area contributed by atoms with E-state index in [0.29, 0.717) is 0 Å². The summed E-state index contributed by atoms with van der Waals surface area (Å²) in [4.78, 5) is 2.40. The van der Waals surface area contributed by atoms with Crippen LogP contribution in [0.15, 0.2) is 194 Å². The van der Waals surface area contributed by atoms with Crippen molar-refractivity contribution in [2.75, 3.05) is 4.90 Å². The predicted octanol–water partition coefficient (Wildman–Crippen LogP) is 12.7. The Morgan fingerprint density at radius 3 is 1.71 bits per heavy atom. The van der Waals surface area contributed by atoms with Crippen LogP contribution < -0.4 is 9.64 Å². The molecule has 0 radical (unpaired) electrons. The second kappa shape index (κ2) is 11.1. The summed E-state index contributed by atoms with van der Waals surface area (Å²) in [7, 11) is 0. The van der Waals surface area contributed by atoms with E-state index < -0.39 is 5.41 Å². The predicted molar refractivity (Wildman–Crippen MR) is 213 cm³/mol. The maximum absolute atomic E-state index is 6.56. The molecule has 1 aliphatic carbocycles. The van der Waals surface area contributed by atoms with Crippen molar-refractivity contribution in [1.29, 1.82) is 0 Å². The Labute approximate surface area is 302 Å². The van der Waals surface area contributed by atoms with Gasteiger partial charge in [-0.25, -0.2) is 0 Å². The zero-order valence-corrected chi connectivity index (χ0v) is 28.3. The van der Waals surface area contributed by atoms with Crippen molar-refractivity contribution in [1.82, 2.24) is 4.57 Å². The number of aromatic nitrogens is 1. The standard InChI is InChI=1S/C49H32N2O/c1-3-15-33(16-4-1)50(36-27-29-39-38-20-8-12-24-45(38)51(46(39)32-36)34-17-5-2-6-18-34)35-28-30-42-40(31-35)37-19-7-9-21-41(37)49(42)43-22-10-13-25-47(43)52-48-26-14-11-23-44(48)49/h1-32H. The first-order valence-corrected chi connectivity index (χ1v) is 17.9. The van der Waals surface area contributed by atoms with E-state index in [1.54, 1.807) is 0 Å². The summed E-state index contributed by atoms with van der Waals surface area (Å²) in [5.41, 5.74) is 13.7. The van der Waals surface area contributed by atoms with E-state index in [4.69, 9.17) is 4.74 Å². The molecule has 3 heteroatoms. The van der Waals surface area contributed by atoms with E-state index in [9.17, 15) is 0 Å². The second-order valence-corrected chi connectivity index (χ2v) is 13.7. The van der Waals surface area contributed by atoms with Crippen molar-refractivity contribution in [2.24, 2.45) is 0 Å². The quantitative estimate of drug-likeness (QED) is 0.186. The second-order valence-electron chi connectivity index (χ2n) is 13.7. The largest absolute Gasteiger partial charge is 0.457 e. The van der Waals surface area contributed by atoms with Gasteiger partial charge in [-0.1, -0.05) is 127 Å². The first-order valence-electron chi connectivity index (χ1n) is 17.9. The molecule has 0 saturated carbocycles. The number of benzene rings is 8. The Morgan fingerprint density at radius 2 is 0.942 bits per heavy atom. The molecule has 2 heterocycles. The number of anilines is 3. The van der Waals surface area contributed by atoms with Gasteiger partial charge in [-0.05, 0) is 89.0 Å². The number of nitrogens with zero attached hydrogens (tertiary/aromatic N) is 2. The topological polar surface area (TPSA) is 17.4 Å². The molecule has 1 aliphatic heterocycles. The lowest BCUT2D eigenvalue weighted by molar-refractivity contribution is 0.436. The molecular weight excluding hydrogens is 633 g/mol. The minimum atomic E-state index is -0.497. The van der Waals surface area contributed by atoms with Crippen molar-refractivity contribution in [3.8, 4) is 28.3 Å². The molecule has 11 rings (SSSR count). The fourth-order valence-corrected chi connectivity index (χ4v) is 8.96. The summed E-state index contributed by atoms with van der Waals surface area (Å²) in [5.74, 6) is 1.81. The number of hydrogen-bond acceptors (Lipinski definition) is 2. The molecule has 1 spiro atoms. The number of para-hydroxylation sites is 5. The lowest BCUT2D eigenvalue weighted by Gasteiger charge is -2.39. The molecule has 52 heavy (non-hydrogen) atoms. The highest BCUT2D eigenvalue weighted by Gasteiger charge is 2.51. The first kappa shape index (κ1) is 28.9. The van der Waals surface area contributed by atoms with E-state index in [1.165, 1.54) is 55.2 Å². The fourth-order valence-electron chi connectivity index (χ4n) is 8.96. The maximum Gasteiger partial charge on any atom is 0.132 e. The third-order valence-electron chi connectivity index (χ3n) is 11.0. The van der Waals surface area contributed by atoms with Gasteiger partial charge in [-0.15, -0.1) is 0 Å². The van der Waals surface area contributed by atoms with Crippen LogP contribution in [0.3, 0.4) is 0 Å². The number of rotatable bonds is 4. The van der Waals surface area contributed by atoms with Crippen LogP contribution in [0.1, 0.15) is 22.3 Å². The molecule has 0 N–H and O–H groups in total. The molecule has 9 aromatic rings. The Morgan fingerprint density at radius 1 is 0.385 bits per heavy atom. The maximum atomic E-state index is 6.56. The fraction of sp³-hybridized carbons (Fsp3) is 0.0204. The van der Waals surface area contributed by atoms with Gasteiger partial charge in [0.25, 0.3) is 0 Å². The molecule has 0 atom stereocenters. The van der Waals surface area contributed by atoms with Gasteiger partial charge in [0.2, 0.25) is 0 Å². The van der Waals surface area contributed by atoms with Crippen molar-refractivity contribution in [3.05, 3.63) is 216 Å². The first-order chi connectivity index (χ1) is 25.8. The summed E-state index contributed by atoms with van der Waals surface area (Å²) in [6, 6.07) is 70.1. The van der Waals surface area contributed by atoms with Crippen molar-refractivity contribution >= 4 is 38.9 Å².